The largest absolute Gasteiger partial charge is 0.480 e. The van der Waals surface area contributed by atoms with Crippen LogP contribution < -0.4 is 14.8 Å². The van der Waals surface area contributed by atoms with Gasteiger partial charge in [-0.15, -0.1) is 0 Å². The Morgan fingerprint density at radius 1 is 1.26 bits per heavy atom. The molecule has 102 valence electrons. The minimum absolute atomic E-state index is 0.129. The highest BCUT2D eigenvalue weighted by molar-refractivity contribution is 5.97. The number of aliphatic carboxylic acids is 1. The molecule has 2 rings (SSSR count). The number of benzene rings is 1. The second-order valence-electron chi connectivity index (χ2n) is 4.60. The summed E-state index contributed by atoms with van der Waals surface area (Å²) in [6.45, 7) is 3.60. The predicted molar refractivity (Wildman–Crippen MR) is 66.3 cm³/mol. The first-order chi connectivity index (χ1) is 8.99. The van der Waals surface area contributed by atoms with Gasteiger partial charge in [0.15, 0.2) is 11.5 Å². The molecule has 1 aliphatic rings. The van der Waals surface area contributed by atoms with Gasteiger partial charge in [-0.2, -0.15) is 0 Å². The SMILES string of the molecule is CC(C)[C@@H](NC(=O)c1ccc2c(c1)OCO2)C(=O)O. The van der Waals surface area contributed by atoms with Crippen LogP contribution in [-0.4, -0.2) is 29.8 Å². The van der Waals surface area contributed by atoms with E-state index < -0.39 is 17.9 Å². The smallest absolute Gasteiger partial charge is 0.326 e. The molecule has 1 heterocycles. The van der Waals surface area contributed by atoms with Crippen LogP contribution in [0.1, 0.15) is 24.2 Å². The lowest BCUT2D eigenvalue weighted by atomic mass is 10.0. The zero-order valence-corrected chi connectivity index (χ0v) is 10.7. The van der Waals surface area contributed by atoms with Crippen molar-refractivity contribution in [3.63, 3.8) is 0 Å². The van der Waals surface area contributed by atoms with Crippen LogP contribution in [0.5, 0.6) is 11.5 Å². The Balaban J connectivity index is 2.13. The lowest BCUT2D eigenvalue weighted by Crippen LogP contribution is -2.44. The fourth-order valence-electron chi connectivity index (χ4n) is 1.78. The molecule has 0 bridgehead atoms. The molecule has 19 heavy (non-hydrogen) atoms. The number of fused-ring (bicyclic) bond motifs is 1. The molecular weight excluding hydrogens is 250 g/mol. The third-order valence-corrected chi connectivity index (χ3v) is 2.85. The number of carboxylic acid groups (broad SMARTS) is 1. The van der Waals surface area contributed by atoms with Crippen molar-refractivity contribution in [2.75, 3.05) is 6.79 Å². The molecule has 1 aromatic carbocycles. The summed E-state index contributed by atoms with van der Waals surface area (Å²) < 4.78 is 10.3. The van der Waals surface area contributed by atoms with Crippen LogP contribution in [0, 0.1) is 5.92 Å². The first kappa shape index (κ1) is 13.2. The Hall–Kier alpha value is -2.24. The zero-order chi connectivity index (χ0) is 14.0. The third kappa shape index (κ3) is 2.78. The Labute approximate surface area is 110 Å². The van der Waals surface area contributed by atoms with E-state index in [1.165, 1.54) is 6.07 Å². The molecule has 0 aromatic heterocycles. The van der Waals surface area contributed by atoms with E-state index in [1.54, 1.807) is 26.0 Å². The summed E-state index contributed by atoms with van der Waals surface area (Å²) in [5.41, 5.74) is 0.344. The summed E-state index contributed by atoms with van der Waals surface area (Å²) in [5.74, 6) is -0.627. The standard InChI is InChI=1S/C13H15NO5/c1-7(2)11(13(16)17)14-12(15)8-3-4-9-10(5-8)19-6-18-9/h3-5,7,11H,6H2,1-2H3,(H,14,15)(H,16,17)/t11-/m1/s1. The molecule has 0 saturated carbocycles. The molecule has 1 atom stereocenters. The van der Waals surface area contributed by atoms with E-state index in [0.717, 1.165) is 0 Å². The quantitative estimate of drug-likeness (QED) is 0.856. The van der Waals surface area contributed by atoms with Crippen molar-refractivity contribution in [1.82, 2.24) is 5.32 Å². The van der Waals surface area contributed by atoms with E-state index in [-0.39, 0.29) is 12.7 Å². The summed E-state index contributed by atoms with van der Waals surface area (Å²) in [4.78, 5) is 23.0. The molecule has 0 radical (unpaired) electrons. The molecule has 6 heteroatoms. The van der Waals surface area contributed by atoms with Crippen LogP contribution in [0.2, 0.25) is 0 Å². The minimum atomic E-state index is -1.05. The summed E-state index contributed by atoms with van der Waals surface area (Å²) in [7, 11) is 0. The number of carboxylic acids is 1. The number of rotatable bonds is 4. The second kappa shape index (κ2) is 5.17. The maximum Gasteiger partial charge on any atom is 0.326 e. The number of hydrogen-bond donors (Lipinski definition) is 2. The van der Waals surface area contributed by atoms with Gasteiger partial charge in [0, 0.05) is 5.56 Å². The van der Waals surface area contributed by atoms with Gasteiger partial charge in [0.1, 0.15) is 6.04 Å². The fraction of sp³-hybridized carbons (Fsp3) is 0.385. The highest BCUT2D eigenvalue weighted by atomic mass is 16.7. The van der Waals surface area contributed by atoms with Crippen LogP contribution in [0.15, 0.2) is 18.2 Å². The first-order valence-electron chi connectivity index (χ1n) is 5.92. The lowest BCUT2D eigenvalue weighted by molar-refractivity contribution is -0.140. The normalized spacial score (nSPS) is 14.3. The van der Waals surface area contributed by atoms with E-state index >= 15 is 0 Å². The van der Waals surface area contributed by atoms with E-state index in [4.69, 9.17) is 14.6 Å². The molecule has 1 aromatic rings. The number of ether oxygens (including phenoxy) is 2. The van der Waals surface area contributed by atoms with Crippen molar-refractivity contribution in [3.05, 3.63) is 23.8 Å². The molecule has 0 unspecified atom stereocenters. The van der Waals surface area contributed by atoms with E-state index in [0.29, 0.717) is 17.1 Å². The zero-order valence-electron chi connectivity index (χ0n) is 10.7. The third-order valence-electron chi connectivity index (χ3n) is 2.85. The Morgan fingerprint density at radius 2 is 1.95 bits per heavy atom. The molecule has 1 amide bonds. The topological polar surface area (TPSA) is 84.9 Å². The number of nitrogens with one attached hydrogen (secondary N) is 1. The number of carbonyl (C=O) groups is 2. The molecule has 0 saturated heterocycles. The molecule has 0 aliphatic carbocycles. The number of amides is 1. The van der Waals surface area contributed by atoms with E-state index in [1.807, 2.05) is 0 Å². The van der Waals surface area contributed by atoms with E-state index in [2.05, 4.69) is 5.32 Å². The molecule has 1 aliphatic heterocycles. The Bertz CT molecular complexity index is 512. The van der Waals surface area contributed by atoms with Crippen LogP contribution in [0.3, 0.4) is 0 Å². The van der Waals surface area contributed by atoms with Crippen molar-refractivity contribution in [2.45, 2.75) is 19.9 Å². The van der Waals surface area contributed by atoms with Crippen molar-refractivity contribution in [1.29, 1.82) is 0 Å². The van der Waals surface area contributed by atoms with Crippen LogP contribution in [0.25, 0.3) is 0 Å². The van der Waals surface area contributed by atoms with Crippen LogP contribution in [0.4, 0.5) is 0 Å². The van der Waals surface area contributed by atoms with Gasteiger partial charge in [-0.05, 0) is 24.1 Å². The van der Waals surface area contributed by atoms with Gasteiger partial charge >= 0.3 is 5.97 Å². The lowest BCUT2D eigenvalue weighted by Gasteiger charge is -2.17. The first-order valence-corrected chi connectivity index (χ1v) is 5.92. The summed E-state index contributed by atoms with van der Waals surface area (Å²) in [5, 5.41) is 11.5. The summed E-state index contributed by atoms with van der Waals surface area (Å²) >= 11 is 0. The average molecular weight is 265 g/mol. The monoisotopic (exact) mass is 265 g/mol. The van der Waals surface area contributed by atoms with E-state index in [9.17, 15) is 9.59 Å². The average Bonchev–Trinajstić information content (AvgIpc) is 2.81. The number of carbonyl (C=O) groups excluding carboxylic acids is 1. The Kier molecular flexibility index (Phi) is 3.59. The molecular formula is C13H15NO5. The Morgan fingerprint density at radius 3 is 2.58 bits per heavy atom. The number of hydrogen-bond acceptors (Lipinski definition) is 4. The van der Waals surface area contributed by atoms with Gasteiger partial charge in [0.05, 0.1) is 0 Å². The van der Waals surface area contributed by atoms with Gasteiger partial charge in [0.25, 0.3) is 5.91 Å². The molecule has 0 fully saturated rings. The van der Waals surface area contributed by atoms with Crippen molar-refractivity contribution < 1.29 is 24.2 Å². The van der Waals surface area contributed by atoms with Crippen LogP contribution in [-0.2, 0) is 4.79 Å². The summed E-state index contributed by atoms with van der Waals surface area (Å²) in [6.07, 6.45) is 0. The molecule has 2 N–H and O–H groups in total. The minimum Gasteiger partial charge on any atom is -0.480 e. The fourth-order valence-corrected chi connectivity index (χ4v) is 1.78. The van der Waals surface area contributed by atoms with Crippen molar-refractivity contribution >= 4 is 11.9 Å². The highest BCUT2D eigenvalue weighted by Crippen LogP contribution is 2.32. The van der Waals surface area contributed by atoms with Gasteiger partial charge in [0.2, 0.25) is 6.79 Å². The van der Waals surface area contributed by atoms with Crippen molar-refractivity contribution in [2.24, 2.45) is 5.92 Å². The maximum atomic E-state index is 12.0. The second-order valence-corrected chi connectivity index (χ2v) is 4.60. The van der Waals surface area contributed by atoms with Gasteiger partial charge in [-0.3, -0.25) is 4.79 Å². The van der Waals surface area contributed by atoms with Gasteiger partial charge < -0.3 is 19.9 Å². The van der Waals surface area contributed by atoms with Crippen LogP contribution >= 0.6 is 0 Å². The van der Waals surface area contributed by atoms with Gasteiger partial charge in [-0.25, -0.2) is 4.79 Å². The predicted octanol–water partition coefficient (Wildman–Crippen LogP) is 1.25. The molecule has 6 nitrogen and oxygen atoms in total. The van der Waals surface area contributed by atoms with Gasteiger partial charge in [-0.1, -0.05) is 13.8 Å². The highest BCUT2D eigenvalue weighted by Gasteiger charge is 2.24. The summed E-state index contributed by atoms with van der Waals surface area (Å²) in [6, 6.07) is 3.82. The molecule has 0 spiro atoms. The maximum absolute atomic E-state index is 12.0. The van der Waals surface area contributed by atoms with Crippen molar-refractivity contribution in [3.8, 4) is 11.5 Å².